The van der Waals surface area contributed by atoms with Crippen LogP contribution in [0.2, 0.25) is 0 Å². The van der Waals surface area contributed by atoms with Crippen LogP contribution in [0.3, 0.4) is 0 Å². The molecule has 142 valence electrons. The second-order valence-corrected chi connectivity index (χ2v) is 8.07. The Bertz CT molecular complexity index is 605. The maximum Gasteiger partial charge on any atom is 0.306 e. The smallest absolute Gasteiger partial charge is 0.306 e. The van der Waals surface area contributed by atoms with E-state index in [2.05, 4.69) is 12.1 Å². The number of nitrogens with two attached hydrogens (primary N) is 1. The van der Waals surface area contributed by atoms with Gasteiger partial charge in [0.1, 0.15) is 11.9 Å². The van der Waals surface area contributed by atoms with Gasteiger partial charge < -0.3 is 10.5 Å². The van der Waals surface area contributed by atoms with Gasteiger partial charge in [-0.1, -0.05) is 56.4 Å². The van der Waals surface area contributed by atoms with Crippen molar-refractivity contribution in [2.45, 2.75) is 76.7 Å². The van der Waals surface area contributed by atoms with Crippen molar-refractivity contribution in [3.05, 3.63) is 35.4 Å². The van der Waals surface area contributed by atoms with Gasteiger partial charge in [0.05, 0.1) is 0 Å². The number of amidine groups is 1. The second kappa shape index (κ2) is 9.20. The Kier molecular flexibility index (Phi) is 6.70. The van der Waals surface area contributed by atoms with E-state index >= 15 is 0 Å². The highest BCUT2D eigenvalue weighted by Gasteiger charge is 2.33. The van der Waals surface area contributed by atoms with Crippen LogP contribution in [0.1, 0.15) is 75.3 Å². The van der Waals surface area contributed by atoms with E-state index in [-0.39, 0.29) is 17.9 Å². The number of rotatable bonds is 7. The number of cyclic esters (lactones) is 1. The number of aryl methyl sites for hydroxylation is 1. The third kappa shape index (κ3) is 5.33. The van der Waals surface area contributed by atoms with Crippen molar-refractivity contribution >= 4 is 11.8 Å². The number of unbranched alkanes of at least 4 members (excludes halogenated alkanes) is 1. The van der Waals surface area contributed by atoms with E-state index in [1.54, 1.807) is 0 Å². The fourth-order valence-electron chi connectivity index (χ4n) is 4.61. The molecule has 1 heterocycles. The van der Waals surface area contributed by atoms with Crippen molar-refractivity contribution in [2.24, 2.45) is 17.6 Å². The van der Waals surface area contributed by atoms with Crippen LogP contribution in [0.5, 0.6) is 0 Å². The summed E-state index contributed by atoms with van der Waals surface area (Å²) in [6, 6.07) is 7.93. The molecular weight excluding hydrogens is 324 g/mol. The first-order chi connectivity index (χ1) is 12.6. The van der Waals surface area contributed by atoms with E-state index < -0.39 is 0 Å². The highest BCUT2D eigenvalue weighted by molar-refractivity contribution is 5.94. The lowest BCUT2D eigenvalue weighted by molar-refractivity contribution is -0.159. The van der Waals surface area contributed by atoms with Crippen LogP contribution in [-0.2, 0) is 16.0 Å². The monoisotopic (exact) mass is 356 g/mol. The van der Waals surface area contributed by atoms with Gasteiger partial charge in [-0.3, -0.25) is 10.2 Å². The van der Waals surface area contributed by atoms with Gasteiger partial charge >= 0.3 is 5.97 Å². The van der Waals surface area contributed by atoms with Gasteiger partial charge in [-0.25, -0.2) is 0 Å². The minimum absolute atomic E-state index is 0.0247. The van der Waals surface area contributed by atoms with Gasteiger partial charge in [0.2, 0.25) is 0 Å². The van der Waals surface area contributed by atoms with Gasteiger partial charge in [0.15, 0.2) is 0 Å². The summed E-state index contributed by atoms with van der Waals surface area (Å²) in [4.78, 5) is 12.0. The highest BCUT2D eigenvalue weighted by atomic mass is 16.5. The van der Waals surface area contributed by atoms with Gasteiger partial charge in [-0.2, -0.15) is 0 Å². The molecular formula is C22H32N2O2. The number of carbonyl (C=O) groups is 1. The van der Waals surface area contributed by atoms with Crippen molar-refractivity contribution in [3.63, 3.8) is 0 Å². The first-order valence-electron chi connectivity index (χ1n) is 10.2. The standard InChI is InChI=1S/C22H32N2O2/c23-22(24)18-12-10-16(11-13-18)6-4-5-9-20-14-19(15-21(25)26-20)17-7-2-1-3-8-17/h10-13,17,19-20H,1-9,14-15H2,(H3,23,24)/t19-,20+/m0/s1. The molecule has 1 aliphatic heterocycles. The van der Waals surface area contributed by atoms with Crippen molar-refractivity contribution in [1.82, 2.24) is 0 Å². The van der Waals surface area contributed by atoms with Crippen molar-refractivity contribution < 1.29 is 9.53 Å². The first kappa shape index (κ1) is 18.9. The maximum atomic E-state index is 12.0. The van der Waals surface area contributed by atoms with Crippen LogP contribution in [0.25, 0.3) is 0 Å². The molecule has 0 radical (unpaired) electrons. The Labute approximate surface area is 157 Å². The van der Waals surface area contributed by atoms with E-state index in [4.69, 9.17) is 15.9 Å². The number of hydrogen-bond donors (Lipinski definition) is 2. The lowest BCUT2D eigenvalue weighted by atomic mass is 9.75. The van der Waals surface area contributed by atoms with Crippen LogP contribution in [0.15, 0.2) is 24.3 Å². The molecule has 3 N–H and O–H groups in total. The van der Waals surface area contributed by atoms with Gasteiger partial charge in [0.25, 0.3) is 0 Å². The largest absolute Gasteiger partial charge is 0.462 e. The minimum atomic E-state index is 0.0247. The van der Waals surface area contributed by atoms with Crippen LogP contribution >= 0.6 is 0 Å². The van der Waals surface area contributed by atoms with Crippen LogP contribution in [0.4, 0.5) is 0 Å². The summed E-state index contributed by atoms with van der Waals surface area (Å²) in [6.45, 7) is 0. The Morgan fingerprint density at radius 2 is 1.81 bits per heavy atom. The van der Waals surface area contributed by atoms with E-state index in [1.165, 1.54) is 37.7 Å². The summed E-state index contributed by atoms with van der Waals surface area (Å²) < 4.78 is 5.63. The Hall–Kier alpha value is -1.84. The number of hydrogen-bond acceptors (Lipinski definition) is 3. The number of nitrogen functional groups attached to an aromatic ring is 1. The van der Waals surface area contributed by atoms with Gasteiger partial charge in [-0.15, -0.1) is 0 Å². The predicted molar refractivity (Wildman–Crippen MR) is 104 cm³/mol. The summed E-state index contributed by atoms with van der Waals surface area (Å²) in [5.41, 5.74) is 7.53. The minimum Gasteiger partial charge on any atom is -0.462 e. The molecule has 1 aromatic carbocycles. The zero-order valence-electron chi connectivity index (χ0n) is 15.7. The number of carbonyl (C=O) groups excluding carboxylic acids is 1. The van der Waals surface area contributed by atoms with E-state index in [1.807, 2.05) is 12.1 Å². The molecule has 0 bridgehead atoms. The molecule has 1 saturated carbocycles. The van der Waals surface area contributed by atoms with Gasteiger partial charge in [0, 0.05) is 12.0 Å². The molecule has 0 aromatic heterocycles. The molecule has 0 amide bonds. The van der Waals surface area contributed by atoms with Crippen molar-refractivity contribution in [3.8, 4) is 0 Å². The highest BCUT2D eigenvalue weighted by Crippen LogP contribution is 2.37. The first-order valence-corrected chi connectivity index (χ1v) is 10.2. The van der Waals surface area contributed by atoms with E-state index in [9.17, 15) is 4.79 Å². The Morgan fingerprint density at radius 1 is 1.08 bits per heavy atom. The van der Waals surface area contributed by atoms with Crippen molar-refractivity contribution in [2.75, 3.05) is 0 Å². The molecule has 26 heavy (non-hydrogen) atoms. The summed E-state index contributed by atoms with van der Waals surface area (Å²) in [5.74, 6) is 1.44. The summed E-state index contributed by atoms with van der Waals surface area (Å²) in [7, 11) is 0. The average molecular weight is 357 g/mol. The molecule has 2 atom stereocenters. The molecule has 1 aromatic rings. The lowest BCUT2D eigenvalue weighted by Crippen LogP contribution is -2.34. The number of esters is 1. The fourth-order valence-corrected chi connectivity index (χ4v) is 4.61. The van der Waals surface area contributed by atoms with Crippen molar-refractivity contribution in [1.29, 1.82) is 5.41 Å². The Balaban J connectivity index is 1.40. The topological polar surface area (TPSA) is 76.2 Å². The number of ether oxygens (including phenoxy) is 1. The van der Waals surface area contributed by atoms with Crippen LogP contribution in [-0.4, -0.2) is 17.9 Å². The quantitative estimate of drug-likeness (QED) is 0.325. The SMILES string of the molecule is N=C(N)c1ccc(CCCC[C@@H]2C[C@H](C3CCCCC3)CC(=O)O2)cc1. The summed E-state index contributed by atoms with van der Waals surface area (Å²) >= 11 is 0. The average Bonchev–Trinajstić information content (AvgIpc) is 2.66. The molecule has 3 rings (SSSR count). The Morgan fingerprint density at radius 3 is 2.50 bits per heavy atom. The predicted octanol–water partition coefficient (Wildman–Crippen LogP) is 4.59. The molecule has 0 unspecified atom stereocenters. The van der Waals surface area contributed by atoms with E-state index in [0.29, 0.717) is 12.3 Å². The number of benzene rings is 1. The number of nitrogens with one attached hydrogen (secondary N) is 1. The molecule has 2 fully saturated rings. The molecule has 2 aliphatic rings. The molecule has 4 heteroatoms. The van der Waals surface area contributed by atoms with E-state index in [0.717, 1.165) is 43.6 Å². The maximum absolute atomic E-state index is 12.0. The zero-order chi connectivity index (χ0) is 18.4. The van der Waals surface area contributed by atoms with Crippen LogP contribution in [0, 0.1) is 17.2 Å². The molecule has 4 nitrogen and oxygen atoms in total. The zero-order valence-corrected chi connectivity index (χ0v) is 15.7. The normalized spacial score (nSPS) is 24.2. The van der Waals surface area contributed by atoms with Gasteiger partial charge in [-0.05, 0) is 49.5 Å². The fraction of sp³-hybridized carbons (Fsp3) is 0.636. The molecule has 1 saturated heterocycles. The lowest BCUT2D eigenvalue weighted by Gasteiger charge is -2.35. The second-order valence-electron chi connectivity index (χ2n) is 8.07. The third-order valence-electron chi connectivity index (χ3n) is 6.12. The third-order valence-corrected chi connectivity index (χ3v) is 6.12. The molecule has 1 aliphatic carbocycles. The summed E-state index contributed by atoms with van der Waals surface area (Å²) in [6.07, 6.45) is 12.7. The van der Waals surface area contributed by atoms with Crippen LogP contribution < -0.4 is 5.73 Å². The summed E-state index contributed by atoms with van der Waals surface area (Å²) in [5, 5.41) is 7.43. The molecule has 0 spiro atoms.